The fourth-order valence-corrected chi connectivity index (χ4v) is 1.08. The highest BCUT2D eigenvalue weighted by Gasteiger charge is 2.07. The van der Waals surface area contributed by atoms with Crippen LogP contribution in [0.3, 0.4) is 0 Å². The molecule has 10 heavy (non-hydrogen) atoms. The molecule has 0 aliphatic heterocycles. The van der Waals surface area contributed by atoms with Crippen LogP contribution in [0, 0.1) is 0 Å². The van der Waals surface area contributed by atoms with Crippen molar-refractivity contribution in [2.24, 2.45) is 0 Å². The molecular weight excluding hydrogens is 126 g/mol. The van der Waals surface area contributed by atoms with Gasteiger partial charge in [-0.25, -0.2) is 0 Å². The average Bonchev–Trinajstić information content (AvgIpc) is 2.30. The lowest BCUT2D eigenvalue weighted by Crippen LogP contribution is -1.84. The summed E-state index contributed by atoms with van der Waals surface area (Å²) in [5.41, 5.74) is 11.2. The van der Waals surface area contributed by atoms with Crippen LogP contribution in [0.1, 0.15) is 25.0 Å². The molecule has 1 heterocycles. The summed E-state index contributed by atoms with van der Waals surface area (Å²) in [6.45, 7) is 4.05. The van der Waals surface area contributed by atoms with Crippen LogP contribution in [0.2, 0.25) is 0 Å². The molecule has 2 radical (unpaired) electrons. The van der Waals surface area contributed by atoms with E-state index in [9.17, 15) is 0 Å². The van der Waals surface area contributed by atoms with E-state index in [1.54, 1.807) is 6.26 Å². The van der Waals surface area contributed by atoms with Crippen LogP contribution < -0.4 is 5.73 Å². The lowest BCUT2D eigenvalue weighted by atomic mass is 10.1. The van der Waals surface area contributed by atoms with Crippen molar-refractivity contribution in [3.8, 4) is 0 Å². The Morgan fingerprint density at radius 1 is 1.40 bits per heavy atom. The van der Waals surface area contributed by atoms with Gasteiger partial charge in [-0.2, -0.15) is 0 Å². The van der Waals surface area contributed by atoms with E-state index in [0.29, 0.717) is 0 Å². The number of nitrogens with zero attached hydrogens (tertiary/aromatic N) is 1. The summed E-state index contributed by atoms with van der Waals surface area (Å²) in [7, 11) is 0. The van der Waals surface area contributed by atoms with Crippen LogP contribution in [-0.4, -0.2) is 0 Å². The Morgan fingerprint density at radius 3 is 2.50 bits per heavy atom. The van der Waals surface area contributed by atoms with Crippen molar-refractivity contribution in [1.29, 1.82) is 0 Å². The third-order valence-electron chi connectivity index (χ3n) is 1.69. The van der Waals surface area contributed by atoms with Gasteiger partial charge >= 0.3 is 0 Å². The largest absolute Gasteiger partial charge is 0.445 e. The Kier molecular flexibility index (Phi) is 2.00. The van der Waals surface area contributed by atoms with Gasteiger partial charge in [0.15, 0.2) is 0 Å². The van der Waals surface area contributed by atoms with Crippen LogP contribution in [0.5, 0.6) is 0 Å². The quantitative estimate of drug-likeness (QED) is 0.614. The maximum absolute atomic E-state index is 9.10. The summed E-state index contributed by atoms with van der Waals surface area (Å²) >= 11 is 0. The fourth-order valence-electron chi connectivity index (χ4n) is 1.08. The monoisotopic (exact) mass is 137 g/mol. The molecule has 0 atom stereocenters. The van der Waals surface area contributed by atoms with Gasteiger partial charge in [0.25, 0.3) is 0 Å². The summed E-state index contributed by atoms with van der Waals surface area (Å²) in [5, 5.41) is 0. The standard InChI is InChI=1S/C8H11NO/c1-3-6-5-10-8(9)7(6)4-2/h5H,3-4H2,1-2H3. The summed E-state index contributed by atoms with van der Waals surface area (Å²) in [4.78, 5) is 0. The molecular formula is C8H11NO. The molecule has 1 aromatic rings. The van der Waals surface area contributed by atoms with Crippen LogP contribution in [0.25, 0.3) is 0 Å². The van der Waals surface area contributed by atoms with E-state index in [1.807, 2.05) is 13.8 Å². The normalized spacial score (nSPS) is 10.2. The molecule has 0 aliphatic carbocycles. The summed E-state index contributed by atoms with van der Waals surface area (Å²) in [6.07, 6.45) is 3.38. The number of aryl methyl sites for hydroxylation is 1. The second-order valence-corrected chi connectivity index (χ2v) is 2.25. The van der Waals surface area contributed by atoms with Crippen molar-refractivity contribution in [1.82, 2.24) is 5.73 Å². The first-order valence-electron chi connectivity index (χ1n) is 3.57. The first-order chi connectivity index (χ1) is 4.79. The third kappa shape index (κ3) is 1.01. The highest BCUT2D eigenvalue weighted by Crippen LogP contribution is 2.21. The van der Waals surface area contributed by atoms with Crippen LogP contribution in [-0.2, 0) is 12.8 Å². The lowest BCUT2D eigenvalue weighted by Gasteiger charge is -1.92. The number of hydrogen-bond acceptors (Lipinski definition) is 1. The van der Waals surface area contributed by atoms with Crippen molar-refractivity contribution in [2.45, 2.75) is 26.7 Å². The first kappa shape index (κ1) is 7.19. The van der Waals surface area contributed by atoms with Crippen LogP contribution >= 0.6 is 0 Å². The third-order valence-corrected chi connectivity index (χ3v) is 1.69. The van der Waals surface area contributed by atoms with Gasteiger partial charge in [0.05, 0.1) is 6.26 Å². The summed E-state index contributed by atoms with van der Waals surface area (Å²) < 4.78 is 4.83. The summed E-state index contributed by atoms with van der Waals surface area (Å²) in [5.74, 6) is 0.0827. The molecule has 0 saturated carbocycles. The molecule has 1 rings (SSSR count). The van der Waals surface area contributed by atoms with E-state index in [4.69, 9.17) is 10.2 Å². The first-order valence-corrected chi connectivity index (χ1v) is 3.57. The second kappa shape index (κ2) is 2.78. The maximum atomic E-state index is 9.10. The number of rotatable bonds is 2. The van der Waals surface area contributed by atoms with E-state index < -0.39 is 0 Å². The van der Waals surface area contributed by atoms with Crippen molar-refractivity contribution in [3.05, 3.63) is 17.4 Å². The van der Waals surface area contributed by atoms with Gasteiger partial charge < -0.3 is 4.42 Å². The van der Waals surface area contributed by atoms with Gasteiger partial charge in [-0.3, -0.25) is 0 Å². The minimum atomic E-state index is 0.0827. The minimum Gasteiger partial charge on any atom is -0.445 e. The Labute approximate surface area is 61.0 Å². The second-order valence-electron chi connectivity index (χ2n) is 2.25. The number of hydrogen-bond donors (Lipinski definition) is 0. The molecule has 0 unspecified atom stereocenters. The van der Waals surface area contributed by atoms with Gasteiger partial charge in [-0.05, 0) is 18.4 Å². The predicted molar refractivity (Wildman–Crippen MR) is 39.3 cm³/mol. The van der Waals surface area contributed by atoms with Crippen LogP contribution in [0.15, 0.2) is 10.7 Å². The smallest absolute Gasteiger partial charge is 0.241 e. The Bertz CT molecular complexity index is 215. The molecule has 2 nitrogen and oxygen atoms in total. The van der Waals surface area contributed by atoms with E-state index in [-0.39, 0.29) is 5.88 Å². The SMILES string of the molecule is CCc1coc([N])c1CC. The molecule has 1 aromatic heterocycles. The van der Waals surface area contributed by atoms with Gasteiger partial charge in [0, 0.05) is 5.56 Å². The molecule has 54 valence electrons. The van der Waals surface area contributed by atoms with Gasteiger partial charge in [-0.1, -0.05) is 13.8 Å². The molecule has 0 saturated heterocycles. The van der Waals surface area contributed by atoms with Gasteiger partial charge in [-0.15, -0.1) is 5.73 Å². The zero-order valence-electron chi connectivity index (χ0n) is 6.35. The van der Waals surface area contributed by atoms with Crippen molar-refractivity contribution < 1.29 is 4.42 Å². The Hall–Kier alpha value is -0.920. The molecule has 2 heteroatoms. The molecule has 0 spiro atoms. The van der Waals surface area contributed by atoms with E-state index in [2.05, 4.69) is 0 Å². The van der Waals surface area contributed by atoms with Gasteiger partial charge in [0.1, 0.15) is 0 Å². The molecule has 0 amide bonds. The highest BCUT2D eigenvalue weighted by molar-refractivity contribution is 5.39. The highest BCUT2D eigenvalue weighted by atomic mass is 16.3. The molecule has 0 fully saturated rings. The average molecular weight is 137 g/mol. The molecule has 0 aliphatic rings. The summed E-state index contributed by atoms with van der Waals surface area (Å²) in [6, 6.07) is 0. The van der Waals surface area contributed by atoms with Crippen LogP contribution in [0.4, 0.5) is 5.88 Å². The predicted octanol–water partition coefficient (Wildman–Crippen LogP) is 2.10. The van der Waals surface area contributed by atoms with Crippen molar-refractivity contribution in [3.63, 3.8) is 0 Å². The Morgan fingerprint density at radius 2 is 2.10 bits per heavy atom. The van der Waals surface area contributed by atoms with Crippen molar-refractivity contribution >= 4 is 5.88 Å². The number of furan rings is 1. The topological polar surface area (TPSA) is 35.4 Å². The van der Waals surface area contributed by atoms with Crippen molar-refractivity contribution in [2.75, 3.05) is 0 Å². The maximum Gasteiger partial charge on any atom is 0.241 e. The fraction of sp³-hybridized carbons (Fsp3) is 0.500. The molecule has 0 N–H and O–H groups in total. The Balaban J connectivity index is 3.01. The van der Waals surface area contributed by atoms with E-state index in [1.165, 1.54) is 0 Å². The molecule has 0 bridgehead atoms. The molecule has 0 aromatic carbocycles. The zero-order valence-corrected chi connectivity index (χ0v) is 6.35. The van der Waals surface area contributed by atoms with E-state index >= 15 is 0 Å². The zero-order chi connectivity index (χ0) is 7.56. The van der Waals surface area contributed by atoms with Gasteiger partial charge in [0.2, 0.25) is 5.88 Å². The van der Waals surface area contributed by atoms with E-state index in [0.717, 1.165) is 24.0 Å². The lowest BCUT2D eigenvalue weighted by molar-refractivity contribution is 0.568. The minimum absolute atomic E-state index is 0.0827.